The Bertz CT molecular complexity index is 856. The summed E-state index contributed by atoms with van der Waals surface area (Å²) in [6, 6.07) is 11.5. The van der Waals surface area contributed by atoms with E-state index in [1.807, 2.05) is 50.2 Å². The zero-order chi connectivity index (χ0) is 14.4. The van der Waals surface area contributed by atoms with Gasteiger partial charge in [-0.25, -0.2) is 4.63 Å². The number of aromatic nitrogens is 2. The van der Waals surface area contributed by atoms with Crippen LogP contribution in [-0.4, -0.2) is 10.3 Å². The Kier molecular flexibility index (Phi) is 2.47. The van der Waals surface area contributed by atoms with Gasteiger partial charge >= 0.3 is 0 Å². The minimum Gasteiger partial charge on any atom is -0.461 e. The van der Waals surface area contributed by atoms with Crippen molar-refractivity contribution in [3.63, 3.8) is 0 Å². The van der Waals surface area contributed by atoms with Gasteiger partial charge in [-0.1, -0.05) is 0 Å². The lowest BCUT2D eigenvalue weighted by molar-refractivity contribution is 0.315. The van der Waals surface area contributed by atoms with Gasteiger partial charge in [0.05, 0.1) is 0 Å². The average molecular weight is 280 g/mol. The Labute approximate surface area is 120 Å². The molecule has 0 amide bonds. The molecule has 0 saturated carbocycles. The van der Waals surface area contributed by atoms with Gasteiger partial charge in [-0.3, -0.25) is 0 Å². The summed E-state index contributed by atoms with van der Waals surface area (Å²) in [7, 11) is 0. The van der Waals surface area contributed by atoms with Gasteiger partial charge in [0.25, 0.3) is 0 Å². The first kappa shape index (κ1) is 12.0. The summed E-state index contributed by atoms with van der Waals surface area (Å²) in [4.78, 5) is 0. The van der Waals surface area contributed by atoms with Crippen LogP contribution in [0.25, 0.3) is 33.7 Å². The van der Waals surface area contributed by atoms with Crippen molar-refractivity contribution in [2.24, 2.45) is 0 Å². The van der Waals surface area contributed by atoms with Crippen LogP contribution in [0.15, 0.2) is 49.9 Å². The van der Waals surface area contributed by atoms with Gasteiger partial charge in [-0.05, 0) is 60.6 Å². The highest BCUT2D eigenvalue weighted by atomic mass is 16.6. The Morgan fingerprint density at radius 3 is 1.52 bits per heavy atom. The van der Waals surface area contributed by atoms with Gasteiger partial charge in [0.15, 0.2) is 0 Å². The number of nitrogens with zero attached hydrogens (tertiary/aromatic N) is 2. The smallest absolute Gasteiger partial charge is 0.146 e. The van der Waals surface area contributed by atoms with Crippen LogP contribution in [0.2, 0.25) is 0 Å². The zero-order valence-electron chi connectivity index (χ0n) is 11.6. The molecular formula is C16H12N2O3. The molecule has 4 rings (SSSR count). The van der Waals surface area contributed by atoms with Gasteiger partial charge in [0.2, 0.25) is 0 Å². The minimum absolute atomic E-state index is 0.663. The molecule has 3 heterocycles. The number of hydrogen-bond acceptors (Lipinski definition) is 5. The Morgan fingerprint density at radius 2 is 1.14 bits per heavy atom. The molecule has 3 aromatic heterocycles. The van der Waals surface area contributed by atoms with Crippen molar-refractivity contribution in [2.75, 3.05) is 0 Å². The molecule has 0 bridgehead atoms. The third kappa shape index (κ3) is 1.86. The maximum atomic E-state index is 5.66. The standard InChI is InChI=1S/C16H12N2O3/c1-9-3-7-13(19-9)11-5-6-12(14-8-4-10(2)20-14)16-15(11)17-21-18-16/h3-8H,1-2H3. The van der Waals surface area contributed by atoms with Crippen molar-refractivity contribution < 1.29 is 13.5 Å². The van der Waals surface area contributed by atoms with Crippen LogP contribution in [0.3, 0.4) is 0 Å². The van der Waals surface area contributed by atoms with Crippen LogP contribution in [0.4, 0.5) is 0 Å². The van der Waals surface area contributed by atoms with Crippen LogP contribution in [0.1, 0.15) is 11.5 Å². The zero-order valence-corrected chi connectivity index (χ0v) is 11.6. The molecule has 0 aliphatic carbocycles. The normalized spacial score (nSPS) is 11.3. The lowest BCUT2D eigenvalue weighted by Crippen LogP contribution is -1.83. The van der Waals surface area contributed by atoms with E-state index in [9.17, 15) is 0 Å². The fraction of sp³-hybridized carbons (Fsp3) is 0.125. The lowest BCUT2D eigenvalue weighted by Gasteiger charge is -2.01. The second-order valence-electron chi connectivity index (χ2n) is 4.94. The predicted octanol–water partition coefficient (Wildman–Crippen LogP) is 4.36. The highest BCUT2D eigenvalue weighted by Crippen LogP contribution is 2.34. The average Bonchev–Trinajstić information content (AvgIpc) is 3.18. The van der Waals surface area contributed by atoms with Crippen LogP contribution in [0.5, 0.6) is 0 Å². The number of aryl methyl sites for hydroxylation is 2. The van der Waals surface area contributed by atoms with Crippen molar-refractivity contribution >= 4 is 11.0 Å². The largest absolute Gasteiger partial charge is 0.461 e. The molecule has 1 aromatic carbocycles. The monoisotopic (exact) mass is 280 g/mol. The van der Waals surface area contributed by atoms with E-state index in [2.05, 4.69) is 10.3 Å². The summed E-state index contributed by atoms with van der Waals surface area (Å²) >= 11 is 0. The predicted molar refractivity (Wildman–Crippen MR) is 76.7 cm³/mol. The first-order chi connectivity index (χ1) is 10.2. The Morgan fingerprint density at radius 1 is 0.667 bits per heavy atom. The quantitative estimate of drug-likeness (QED) is 0.545. The molecule has 0 N–H and O–H groups in total. The van der Waals surface area contributed by atoms with Crippen molar-refractivity contribution in [2.45, 2.75) is 13.8 Å². The molecule has 0 unspecified atom stereocenters. The summed E-state index contributed by atoms with van der Waals surface area (Å²) in [6.45, 7) is 3.81. The highest BCUT2D eigenvalue weighted by molar-refractivity contribution is 5.98. The van der Waals surface area contributed by atoms with E-state index in [4.69, 9.17) is 13.5 Å². The van der Waals surface area contributed by atoms with E-state index in [-0.39, 0.29) is 0 Å². The molecule has 0 aliphatic heterocycles. The molecule has 21 heavy (non-hydrogen) atoms. The molecule has 0 spiro atoms. The number of benzene rings is 1. The Hall–Kier alpha value is -2.82. The molecule has 0 atom stereocenters. The van der Waals surface area contributed by atoms with Gasteiger partial charge in [-0.15, -0.1) is 0 Å². The van der Waals surface area contributed by atoms with Crippen LogP contribution in [0, 0.1) is 13.8 Å². The summed E-state index contributed by atoms with van der Waals surface area (Å²) in [5.74, 6) is 3.19. The summed E-state index contributed by atoms with van der Waals surface area (Å²) in [5.41, 5.74) is 3.03. The molecule has 0 radical (unpaired) electrons. The SMILES string of the molecule is Cc1ccc(-c2ccc(-c3ccc(C)o3)c3nonc23)o1. The molecule has 5 heteroatoms. The molecule has 5 nitrogen and oxygen atoms in total. The fourth-order valence-electron chi connectivity index (χ4n) is 2.42. The van der Waals surface area contributed by atoms with E-state index in [1.165, 1.54) is 0 Å². The summed E-state index contributed by atoms with van der Waals surface area (Å²) in [6.07, 6.45) is 0. The first-order valence-corrected chi connectivity index (χ1v) is 6.61. The van der Waals surface area contributed by atoms with Gasteiger partial charge in [0, 0.05) is 11.1 Å². The van der Waals surface area contributed by atoms with Gasteiger partial charge in [-0.2, -0.15) is 0 Å². The van der Waals surface area contributed by atoms with E-state index >= 15 is 0 Å². The maximum absolute atomic E-state index is 5.66. The Balaban J connectivity index is 1.96. The number of hydrogen-bond donors (Lipinski definition) is 0. The second-order valence-corrected chi connectivity index (χ2v) is 4.94. The number of furan rings is 2. The van der Waals surface area contributed by atoms with Crippen molar-refractivity contribution in [3.05, 3.63) is 47.9 Å². The van der Waals surface area contributed by atoms with Crippen molar-refractivity contribution in [3.8, 4) is 22.6 Å². The van der Waals surface area contributed by atoms with Crippen LogP contribution >= 0.6 is 0 Å². The maximum Gasteiger partial charge on any atom is 0.146 e. The third-order valence-electron chi connectivity index (χ3n) is 3.43. The van der Waals surface area contributed by atoms with Gasteiger partial charge < -0.3 is 8.83 Å². The highest BCUT2D eigenvalue weighted by Gasteiger charge is 2.17. The van der Waals surface area contributed by atoms with Crippen LogP contribution in [-0.2, 0) is 0 Å². The van der Waals surface area contributed by atoms with E-state index < -0.39 is 0 Å². The minimum atomic E-state index is 0.663. The van der Waals surface area contributed by atoms with E-state index in [0.29, 0.717) is 11.0 Å². The number of fused-ring (bicyclic) bond motifs is 1. The fourth-order valence-corrected chi connectivity index (χ4v) is 2.42. The molecule has 0 aliphatic rings. The van der Waals surface area contributed by atoms with E-state index in [1.54, 1.807) is 0 Å². The number of rotatable bonds is 2. The van der Waals surface area contributed by atoms with Crippen LogP contribution < -0.4 is 0 Å². The topological polar surface area (TPSA) is 65.2 Å². The van der Waals surface area contributed by atoms with Crippen molar-refractivity contribution in [1.82, 2.24) is 10.3 Å². The van der Waals surface area contributed by atoms with Gasteiger partial charge in [0.1, 0.15) is 34.1 Å². The molecular weight excluding hydrogens is 268 g/mol. The lowest BCUT2D eigenvalue weighted by atomic mass is 10.1. The second kappa shape index (κ2) is 4.34. The molecule has 0 saturated heterocycles. The first-order valence-electron chi connectivity index (χ1n) is 6.61. The van der Waals surface area contributed by atoms with E-state index in [0.717, 1.165) is 34.2 Å². The third-order valence-corrected chi connectivity index (χ3v) is 3.43. The molecule has 4 aromatic rings. The molecule has 0 fully saturated rings. The summed E-state index contributed by atoms with van der Waals surface area (Å²) < 4.78 is 16.2. The van der Waals surface area contributed by atoms with Crippen molar-refractivity contribution in [1.29, 1.82) is 0 Å². The molecule has 104 valence electrons. The summed E-state index contributed by atoms with van der Waals surface area (Å²) in [5, 5.41) is 8.02.